The van der Waals surface area contributed by atoms with Gasteiger partial charge in [-0.15, -0.1) is 11.3 Å². The second-order valence-electron chi connectivity index (χ2n) is 6.04. The smallest absolute Gasteiger partial charge is 0.253 e. The maximum atomic E-state index is 11.9. The Morgan fingerprint density at radius 2 is 1.88 bits per heavy atom. The number of carbonyl (C=O) groups is 1. The van der Waals surface area contributed by atoms with Gasteiger partial charge in [0.2, 0.25) is 0 Å². The molecule has 2 aromatic heterocycles. The summed E-state index contributed by atoms with van der Waals surface area (Å²) in [5.74, 6) is 1.27. The molecule has 0 saturated carbocycles. The molecule has 0 fully saturated rings. The normalized spacial score (nSPS) is 11.0. The van der Waals surface area contributed by atoms with Gasteiger partial charge in [0, 0.05) is 30.3 Å². The van der Waals surface area contributed by atoms with E-state index in [1.807, 2.05) is 24.3 Å². The van der Waals surface area contributed by atoms with Crippen LogP contribution in [0, 0.1) is 13.8 Å². The van der Waals surface area contributed by atoms with Crippen LogP contribution in [-0.4, -0.2) is 34.9 Å². The van der Waals surface area contributed by atoms with Crippen molar-refractivity contribution in [3.8, 4) is 0 Å². The van der Waals surface area contributed by atoms with E-state index in [2.05, 4.69) is 23.8 Å². The highest BCUT2D eigenvalue weighted by molar-refractivity contribution is 7.98. The molecule has 0 aliphatic carbocycles. The molecule has 0 aliphatic rings. The number of nitrogens with two attached hydrogens (primary N) is 1. The Bertz CT molecular complexity index is 932. The third-order valence-electron chi connectivity index (χ3n) is 4.01. The van der Waals surface area contributed by atoms with E-state index in [9.17, 15) is 4.79 Å². The van der Waals surface area contributed by atoms with Gasteiger partial charge in [0.1, 0.15) is 10.6 Å². The Morgan fingerprint density at radius 3 is 2.52 bits per heavy atom. The highest BCUT2D eigenvalue weighted by Crippen LogP contribution is 2.33. The molecule has 0 spiro atoms. The monoisotopic (exact) mass is 372 g/mol. The molecule has 3 aromatic rings. The molecule has 7 heteroatoms. The minimum absolute atomic E-state index is 0.00389. The Balaban J connectivity index is 1.75. The lowest BCUT2D eigenvalue weighted by Crippen LogP contribution is -2.21. The highest BCUT2D eigenvalue weighted by Gasteiger charge is 2.13. The molecule has 0 radical (unpaired) electrons. The first-order chi connectivity index (χ1) is 11.9. The van der Waals surface area contributed by atoms with E-state index in [1.54, 1.807) is 42.1 Å². The number of nitrogens with zero attached hydrogens (tertiary/aromatic N) is 3. The summed E-state index contributed by atoms with van der Waals surface area (Å²) >= 11 is 3.20. The first-order valence-corrected chi connectivity index (χ1v) is 9.63. The van der Waals surface area contributed by atoms with Crippen molar-refractivity contribution < 1.29 is 4.79 Å². The van der Waals surface area contributed by atoms with E-state index >= 15 is 0 Å². The van der Waals surface area contributed by atoms with Crippen LogP contribution < -0.4 is 5.73 Å². The summed E-state index contributed by atoms with van der Waals surface area (Å²) in [4.78, 5) is 24.7. The van der Waals surface area contributed by atoms with Gasteiger partial charge < -0.3 is 10.6 Å². The summed E-state index contributed by atoms with van der Waals surface area (Å²) in [6.07, 6.45) is 0. The van der Waals surface area contributed by atoms with Crippen molar-refractivity contribution in [2.75, 3.05) is 19.8 Å². The molecule has 0 unspecified atom stereocenters. The first kappa shape index (κ1) is 17.7. The molecule has 25 heavy (non-hydrogen) atoms. The second kappa shape index (κ2) is 7.01. The molecule has 1 aromatic carbocycles. The van der Waals surface area contributed by atoms with E-state index in [-0.39, 0.29) is 5.91 Å². The molecule has 130 valence electrons. The number of fused-ring (bicyclic) bond motifs is 1. The fourth-order valence-corrected chi connectivity index (χ4v) is 4.38. The number of anilines is 1. The van der Waals surface area contributed by atoms with Crippen LogP contribution in [0.4, 0.5) is 5.82 Å². The lowest BCUT2D eigenvalue weighted by atomic mass is 10.1. The molecular weight excluding hydrogens is 352 g/mol. The first-order valence-electron chi connectivity index (χ1n) is 7.83. The summed E-state index contributed by atoms with van der Waals surface area (Å²) in [6.45, 7) is 4.13. The van der Waals surface area contributed by atoms with Crippen LogP contribution in [0.25, 0.3) is 10.2 Å². The molecule has 0 bridgehead atoms. The fourth-order valence-electron chi connectivity index (χ4n) is 2.47. The fraction of sp³-hybridized carbons (Fsp3) is 0.278. The molecule has 2 N–H and O–H groups in total. The topological polar surface area (TPSA) is 72.1 Å². The third-order valence-corrected chi connectivity index (χ3v) is 6.03. The Labute approximate surface area is 155 Å². The number of hydrogen-bond donors (Lipinski definition) is 1. The summed E-state index contributed by atoms with van der Waals surface area (Å²) in [6, 6.07) is 7.63. The van der Waals surface area contributed by atoms with Crippen molar-refractivity contribution in [1.82, 2.24) is 14.9 Å². The van der Waals surface area contributed by atoms with E-state index in [0.29, 0.717) is 16.5 Å². The van der Waals surface area contributed by atoms with Gasteiger partial charge >= 0.3 is 0 Å². The van der Waals surface area contributed by atoms with Gasteiger partial charge in [0.05, 0.1) is 5.39 Å². The number of amides is 1. The van der Waals surface area contributed by atoms with Gasteiger partial charge in [-0.3, -0.25) is 4.79 Å². The molecule has 1 amide bonds. The minimum Gasteiger partial charge on any atom is -0.383 e. The summed E-state index contributed by atoms with van der Waals surface area (Å²) in [5.41, 5.74) is 9.08. The number of hydrogen-bond acceptors (Lipinski definition) is 6. The average Bonchev–Trinajstić information content (AvgIpc) is 2.87. The standard InChI is InChI=1S/C18H20N4OS2/c1-10-11(2)25-16-14(10)15(19)20-18(21-16)24-9-12-5-7-13(8-6-12)17(23)22(3)4/h5-8H,9H2,1-4H3,(H2,19,20,21). The zero-order valence-corrected chi connectivity index (χ0v) is 16.3. The number of nitrogen functional groups attached to an aromatic ring is 1. The molecule has 2 heterocycles. The van der Waals surface area contributed by atoms with E-state index in [4.69, 9.17) is 5.73 Å². The van der Waals surface area contributed by atoms with Gasteiger partial charge in [-0.2, -0.15) is 0 Å². The van der Waals surface area contributed by atoms with Gasteiger partial charge in [-0.25, -0.2) is 9.97 Å². The Kier molecular flexibility index (Phi) is 4.96. The zero-order valence-electron chi connectivity index (χ0n) is 14.7. The minimum atomic E-state index is 0.00389. The molecule has 0 atom stereocenters. The van der Waals surface area contributed by atoms with Crippen LogP contribution in [-0.2, 0) is 5.75 Å². The average molecular weight is 373 g/mol. The zero-order chi connectivity index (χ0) is 18.1. The predicted molar refractivity (Wildman–Crippen MR) is 105 cm³/mol. The number of aryl methyl sites for hydroxylation is 2. The Morgan fingerprint density at radius 1 is 1.20 bits per heavy atom. The van der Waals surface area contributed by atoms with Crippen molar-refractivity contribution in [2.45, 2.75) is 24.8 Å². The largest absolute Gasteiger partial charge is 0.383 e. The predicted octanol–water partition coefficient (Wildman–Crippen LogP) is 3.88. The second-order valence-corrected chi connectivity index (χ2v) is 8.19. The van der Waals surface area contributed by atoms with Crippen LogP contribution in [0.2, 0.25) is 0 Å². The number of aromatic nitrogens is 2. The van der Waals surface area contributed by atoms with Gasteiger partial charge in [0.15, 0.2) is 5.16 Å². The van der Waals surface area contributed by atoms with Gasteiger partial charge in [-0.1, -0.05) is 23.9 Å². The van der Waals surface area contributed by atoms with Crippen molar-refractivity contribution in [3.05, 3.63) is 45.8 Å². The van der Waals surface area contributed by atoms with Crippen molar-refractivity contribution in [2.24, 2.45) is 0 Å². The van der Waals surface area contributed by atoms with Crippen LogP contribution in [0.1, 0.15) is 26.4 Å². The number of carbonyl (C=O) groups excluding carboxylic acids is 1. The maximum Gasteiger partial charge on any atom is 0.253 e. The van der Waals surface area contributed by atoms with Crippen molar-refractivity contribution >= 4 is 45.0 Å². The summed E-state index contributed by atoms with van der Waals surface area (Å²) in [5, 5.41) is 1.65. The Hall–Kier alpha value is -2.12. The maximum absolute atomic E-state index is 11.9. The molecular formula is C18H20N4OS2. The van der Waals surface area contributed by atoms with Crippen molar-refractivity contribution in [3.63, 3.8) is 0 Å². The van der Waals surface area contributed by atoms with E-state index in [1.165, 1.54) is 4.88 Å². The SMILES string of the molecule is Cc1sc2nc(SCc3ccc(C(=O)N(C)C)cc3)nc(N)c2c1C. The van der Waals surface area contributed by atoms with Crippen LogP contribution in [0.15, 0.2) is 29.4 Å². The highest BCUT2D eigenvalue weighted by atomic mass is 32.2. The van der Waals surface area contributed by atoms with Gasteiger partial charge in [-0.05, 0) is 37.1 Å². The van der Waals surface area contributed by atoms with E-state index < -0.39 is 0 Å². The van der Waals surface area contributed by atoms with E-state index in [0.717, 1.165) is 27.1 Å². The molecule has 0 saturated heterocycles. The van der Waals surface area contributed by atoms with Gasteiger partial charge in [0.25, 0.3) is 5.91 Å². The van der Waals surface area contributed by atoms with Crippen LogP contribution in [0.5, 0.6) is 0 Å². The number of thiophene rings is 1. The quantitative estimate of drug-likeness (QED) is 0.556. The summed E-state index contributed by atoms with van der Waals surface area (Å²) in [7, 11) is 3.50. The van der Waals surface area contributed by atoms with Crippen LogP contribution >= 0.6 is 23.1 Å². The number of rotatable bonds is 4. The molecule has 5 nitrogen and oxygen atoms in total. The lowest BCUT2D eigenvalue weighted by molar-refractivity contribution is 0.0827. The molecule has 0 aliphatic heterocycles. The third kappa shape index (κ3) is 3.62. The number of thioether (sulfide) groups is 1. The summed E-state index contributed by atoms with van der Waals surface area (Å²) < 4.78 is 0. The molecule has 3 rings (SSSR count). The number of benzene rings is 1. The van der Waals surface area contributed by atoms with Crippen LogP contribution in [0.3, 0.4) is 0 Å². The van der Waals surface area contributed by atoms with Crippen molar-refractivity contribution in [1.29, 1.82) is 0 Å². The lowest BCUT2D eigenvalue weighted by Gasteiger charge is -2.10.